The van der Waals surface area contributed by atoms with Gasteiger partial charge in [0.15, 0.2) is 0 Å². The molecule has 1 aliphatic carbocycles. The number of carbonyl (C=O) groups is 2. The Hall–Kier alpha value is -3.88. The van der Waals surface area contributed by atoms with Crippen LogP contribution in [0.3, 0.4) is 0 Å². The second-order valence-electron chi connectivity index (χ2n) is 7.95. The zero-order valence-electron chi connectivity index (χ0n) is 17.9. The molecule has 0 aliphatic heterocycles. The van der Waals surface area contributed by atoms with E-state index in [1.165, 1.54) is 6.07 Å². The van der Waals surface area contributed by atoms with E-state index in [-0.39, 0.29) is 25.4 Å². The van der Waals surface area contributed by atoms with Gasteiger partial charge in [0.05, 0.1) is 0 Å². The number of amides is 1. The summed E-state index contributed by atoms with van der Waals surface area (Å²) in [6, 6.07) is 16.5. The van der Waals surface area contributed by atoms with Crippen molar-refractivity contribution in [3.8, 4) is 11.1 Å². The first-order valence-electron chi connectivity index (χ1n) is 10.6. The van der Waals surface area contributed by atoms with Gasteiger partial charge < -0.3 is 15.2 Å². The third kappa shape index (κ3) is 5.03. The van der Waals surface area contributed by atoms with Crippen LogP contribution < -0.4 is 5.32 Å². The Morgan fingerprint density at radius 1 is 1.00 bits per heavy atom. The average Bonchev–Trinajstić information content (AvgIpc) is 3.13. The first-order chi connectivity index (χ1) is 16.2. The number of fused-ring (bicyclic) bond motifs is 3. The van der Waals surface area contributed by atoms with Crippen LogP contribution in [0.5, 0.6) is 0 Å². The summed E-state index contributed by atoms with van der Waals surface area (Å²) in [5.74, 6) is -1.44. The van der Waals surface area contributed by atoms with E-state index in [4.69, 9.17) is 4.74 Å². The molecule has 176 valence electrons. The molecule has 9 heteroatoms. The maximum absolute atomic E-state index is 12.6. The lowest BCUT2D eigenvalue weighted by atomic mass is 9.98. The second-order valence-corrected chi connectivity index (χ2v) is 7.95. The van der Waals surface area contributed by atoms with E-state index in [1.807, 2.05) is 48.5 Å². The highest BCUT2D eigenvalue weighted by atomic mass is 19.4. The van der Waals surface area contributed by atoms with E-state index in [2.05, 4.69) is 10.3 Å². The monoisotopic (exact) mass is 470 g/mol. The zero-order chi connectivity index (χ0) is 24.3. The second kappa shape index (κ2) is 9.54. The van der Waals surface area contributed by atoms with Crippen molar-refractivity contribution in [2.75, 3.05) is 6.61 Å². The Morgan fingerprint density at radius 2 is 1.62 bits per heavy atom. The average molecular weight is 470 g/mol. The quantitative estimate of drug-likeness (QED) is 0.506. The first-order valence-corrected chi connectivity index (χ1v) is 10.6. The number of aryl methyl sites for hydroxylation is 1. The number of carbonyl (C=O) groups excluding carboxylic acids is 1. The fourth-order valence-electron chi connectivity index (χ4n) is 4.09. The highest BCUT2D eigenvalue weighted by molar-refractivity contribution is 5.81. The highest BCUT2D eigenvalue weighted by Gasteiger charge is 2.32. The SMILES string of the molecule is O=C(NC(CCc1ccc(C(F)(F)F)nc1)C(=O)O)OCC1c2ccccc2-c2ccccc21. The third-order valence-electron chi connectivity index (χ3n) is 5.77. The standard InChI is InChI=1S/C25H21F3N2O4/c26-25(27,28)22-12-10-15(13-29-22)9-11-21(23(31)32)30-24(33)34-14-20-18-7-3-1-5-16(18)17-6-2-4-8-19(17)20/h1-8,10,12-13,20-21H,9,11,14H2,(H,30,33)(H,31,32). The molecule has 0 spiro atoms. The van der Waals surface area contributed by atoms with Crippen LogP contribution >= 0.6 is 0 Å². The summed E-state index contributed by atoms with van der Waals surface area (Å²) >= 11 is 0. The Kier molecular flexibility index (Phi) is 6.54. The molecule has 0 fully saturated rings. The molecule has 1 heterocycles. The van der Waals surface area contributed by atoms with E-state index in [0.29, 0.717) is 5.56 Å². The van der Waals surface area contributed by atoms with Gasteiger partial charge in [-0.2, -0.15) is 13.2 Å². The number of pyridine rings is 1. The Balaban J connectivity index is 1.35. The van der Waals surface area contributed by atoms with E-state index in [9.17, 15) is 27.9 Å². The molecule has 6 nitrogen and oxygen atoms in total. The molecule has 1 atom stereocenters. The number of alkyl carbamates (subject to hydrolysis) is 1. The van der Waals surface area contributed by atoms with Crippen molar-refractivity contribution in [2.45, 2.75) is 31.0 Å². The van der Waals surface area contributed by atoms with Crippen molar-refractivity contribution in [1.82, 2.24) is 10.3 Å². The van der Waals surface area contributed by atoms with Crippen LogP contribution in [-0.4, -0.2) is 34.8 Å². The number of alkyl halides is 3. The van der Waals surface area contributed by atoms with Crippen molar-refractivity contribution < 1.29 is 32.6 Å². The molecule has 1 amide bonds. The number of nitrogens with one attached hydrogen (secondary N) is 1. The van der Waals surface area contributed by atoms with Crippen LogP contribution in [0.25, 0.3) is 11.1 Å². The number of hydrogen-bond donors (Lipinski definition) is 2. The number of benzene rings is 2. The molecule has 4 rings (SSSR count). The predicted octanol–water partition coefficient (Wildman–Crippen LogP) is 5.02. The molecule has 1 unspecified atom stereocenters. The summed E-state index contributed by atoms with van der Waals surface area (Å²) in [6.45, 7) is 0.0367. The van der Waals surface area contributed by atoms with Gasteiger partial charge in [-0.1, -0.05) is 54.6 Å². The Bertz CT molecular complexity index is 1150. The number of carboxylic acid groups (broad SMARTS) is 1. The molecular formula is C25H21F3N2O4. The molecule has 0 radical (unpaired) electrons. The van der Waals surface area contributed by atoms with Gasteiger partial charge in [0.25, 0.3) is 0 Å². The summed E-state index contributed by atoms with van der Waals surface area (Å²) < 4.78 is 43.3. The Labute approximate surface area is 193 Å². The minimum absolute atomic E-state index is 0.0351. The van der Waals surface area contributed by atoms with Gasteiger partial charge in [-0.3, -0.25) is 4.98 Å². The molecule has 1 aromatic heterocycles. The van der Waals surface area contributed by atoms with E-state index in [0.717, 1.165) is 34.5 Å². The minimum atomic E-state index is -4.55. The van der Waals surface area contributed by atoms with Crippen LogP contribution in [0.1, 0.15) is 34.7 Å². The number of halogens is 3. The van der Waals surface area contributed by atoms with E-state index >= 15 is 0 Å². The highest BCUT2D eigenvalue weighted by Crippen LogP contribution is 2.44. The predicted molar refractivity (Wildman–Crippen MR) is 117 cm³/mol. The summed E-state index contributed by atoms with van der Waals surface area (Å²) in [4.78, 5) is 27.3. The molecule has 0 saturated carbocycles. The first kappa shape index (κ1) is 23.3. The Morgan fingerprint density at radius 3 is 2.15 bits per heavy atom. The summed E-state index contributed by atoms with van der Waals surface area (Å²) in [6.07, 6.45) is -4.29. The van der Waals surface area contributed by atoms with Gasteiger partial charge in [-0.25, -0.2) is 9.59 Å². The normalized spacial score (nSPS) is 13.6. The van der Waals surface area contributed by atoms with Crippen molar-refractivity contribution in [3.63, 3.8) is 0 Å². The topological polar surface area (TPSA) is 88.5 Å². The molecule has 34 heavy (non-hydrogen) atoms. The fourth-order valence-corrected chi connectivity index (χ4v) is 4.09. The minimum Gasteiger partial charge on any atom is -0.480 e. The lowest BCUT2D eigenvalue weighted by molar-refractivity contribution is -0.141. The van der Waals surface area contributed by atoms with Crippen molar-refractivity contribution in [2.24, 2.45) is 0 Å². The molecule has 0 bridgehead atoms. The number of aromatic nitrogens is 1. The lowest BCUT2D eigenvalue weighted by Gasteiger charge is -2.17. The van der Waals surface area contributed by atoms with Gasteiger partial charge in [-0.05, 0) is 46.7 Å². The van der Waals surface area contributed by atoms with E-state index < -0.39 is 30.0 Å². The maximum atomic E-state index is 12.6. The molecular weight excluding hydrogens is 449 g/mol. The molecule has 2 aromatic carbocycles. The number of carboxylic acids is 1. The molecule has 2 N–H and O–H groups in total. The van der Waals surface area contributed by atoms with Crippen molar-refractivity contribution in [1.29, 1.82) is 0 Å². The molecule has 1 aliphatic rings. The molecule has 3 aromatic rings. The maximum Gasteiger partial charge on any atom is 0.433 e. The van der Waals surface area contributed by atoms with Gasteiger partial charge in [0.2, 0.25) is 0 Å². The third-order valence-corrected chi connectivity index (χ3v) is 5.77. The number of hydrogen-bond acceptors (Lipinski definition) is 4. The van der Waals surface area contributed by atoms with Crippen molar-refractivity contribution >= 4 is 12.1 Å². The van der Waals surface area contributed by atoms with E-state index in [1.54, 1.807) is 0 Å². The van der Waals surface area contributed by atoms with Crippen molar-refractivity contribution in [3.05, 3.63) is 89.2 Å². The van der Waals surface area contributed by atoms with Crippen LogP contribution in [0, 0.1) is 0 Å². The smallest absolute Gasteiger partial charge is 0.433 e. The van der Waals surface area contributed by atoms with Gasteiger partial charge >= 0.3 is 18.2 Å². The van der Waals surface area contributed by atoms with Crippen LogP contribution in [-0.2, 0) is 22.1 Å². The van der Waals surface area contributed by atoms with Crippen LogP contribution in [0.4, 0.5) is 18.0 Å². The van der Waals surface area contributed by atoms with Gasteiger partial charge in [-0.15, -0.1) is 0 Å². The fraction of sp³-hybridized carbons (Fsp3) is 0.240. The largest absolute Gasteiger partial charge is 0.480 e. The number of rotatable bonds is 7. The summed E-state index contributed by atoms with van der Waals surface area (Å²) in [7, 11) is 0. The molecule has 0 saturated heterocycles. The van der Waals surface area contributed by atoms with Gasteiger partial charge in [0.1, 0.15) is 18.3 Å². The number of ether oxygens (including phenoxy) is 1. The van der Waals surface area contributed by atoms with Crippen LogP contribution in [0.2, 0.25) is 0 Å². The van der Waals surface area contributed by atoms with Crippen LogP contribution in [0.15, 0.2) is 66.9 Å². The van der Waals surface area contributed by atoms with Gasteiger partial charge in [0, 0.05) is 12.1 Å². The zero-order valence-corrected chi connectivity index (χ0v) is 17.9. The number of aliphatic carboxylic acids is 1. The summed E-state index contributed by atoms with van der Waals surface area (Å²) in [5, 5.41) is 11.8. The number of nitrogens with zero attached hydrogens (tertiary/aromatic N) is 1. The summed E-state index contributed by atoms with van der Waals surface area (Å²) in [5.41, 5.74) is 3.60. The lowest BCUT2D eigenvalue weighted by Crippen LogP contribution is -2.41.